The van der Waals surface area contributed by atoms with Crippen LogP contribution in [0.1, 0.15) is 43.1 Å². The van der Waals surface area contributed by atoms with Gasteiger partial charge < -0.3 is 26.0 Å². The van der Waals surface area contributed by atoms with Crippen molar-refractivity contribution < 1.29 is 27.5 Å². The molecule has 0 aromatic heterocycles. The third-order valence-corrected chi connectivity index (χ3v) is 3.72. The molecule has 0 atom stereocenters. The maximum Gasteiger partial charge on any atom is 0.416 e. The highest BCUT2D eigenvalue weighted by atomic mass is 127. The molecule has 0 radical (unpaired) electrons. The Hall–Kier alpha value is -2.25. The molecule has 0 aliphatic carbocycles. The second-order valence-electron chi connectivity index (χ2n) is 7.54. The Labute approximate surface area is 203 Å². The van der Waals surface area contributed by atoms with Crippen LogP contribution < -0.4 is 21.3 Å². The summed E-state index contributed by atoms with van der Waals surface area (Å²) in [4.78, 5) is 27.6. The number of halogens is 4. The zero-order valence-electron chi connectivity index (χ0n) is 18.6. The molecule has 182 valence electrons. The van der Waals surface area contributed by atoms with Gasteiger partial charge in [-0.3, -0.25) is 9.79 Å². The van der Waals surface area contributed by atoms with Crippen molar-refractivity contribution in [3.05, 3.63) is 35.4 Å². The lowest BCUT2D eigenvalue weighted by atomic mass is 10.1. The van der Waals surface area contributed by atoms with Gasteiger partial charge in [-0.15, -0.1) is 24.0 Å². The molecule has 1 aromatic carbocycles. The molecule has 0 fully saturated rings. The minimum absolute atomic E-state index is 0. The van der Waals surface area contributed by atoms with Gasteiger partial charge in [0.1, 0.15) is 5.60 Å². The van der Waals surface area contributed by atoms with E-state index >= 15 is 0 Å². The van der Waals surface area contributed by atoms with Gasteiger partial charge in [-0.2, -0.15) is 13.2 Å². The fourth-order valence-corrected chi connectivity index (χ4v) is 2.29. The van der Waals surface area contributed by atoms with Crippen LogP contribution in [0.4, 0.5) is 18.0 Å². The van der Waals surface area contributed by atoms with E-state index in [1.54, 1.807) is 27.8 Å². The van der Waals surface area contributed by atoms with E-state index in [-0.39, 0.29) is 36.1 Å². The Bertz CT molecular complexity index is 750. The molecule has 0 aliphatic heterocycles. The van der Waals surface area contributed by atoms with E-state index in [9.17, 15) is 22.8 Å². The molecule has 32 heavy (non-hydrogen) atoms. The highest BCUT2D eigenvalue weighted by molar-refractivity contribution is 14.0. The number of benzene rings is 1. The summed E-state index contributed by atoms with van der Waals surface area (Å²) in [6, 6.07) is 4.02. The molecule has 0 aliphatic rings. The zero-order valence-corrected chi connectivity index (χ0v) is 20.9. The van der Waals surface area contributed by atoms with Crippen LogP contribution >= 0.6 is 24.0 Å². The Balaban J connectivity index is 0.00000961. The Morgan fingerprint density at radius 3 is 1.97 bits per heavy atom. The summed E-state index contributed by atoms with van der Waals surface area (Å²) in [5, 5.41) is 11.3. The normalized spacial score (nSPS) is 11.8. The molecular formula is C20H31F3IN5O3. The lowest BCUT2D eigenvalue weighted by Gasteiger charge is -2.19. The quantitative estimate of drug-likeness (QED) is 0.166. The highest BCUT2D eigenvalue weighted by Gasteiger charge is 2.30. The van der Waals surface area contributed by atoms with Crippen LogP contribution in [0.2, 0.25) is 0 Å². The third-order valence-electron chi connectivity index (χ3n) is 3.72. The number of aliphatic imine (C=N–C) groups is 1. The van der Waals surface area contributed by atoms with Crippen LogP contribution in [0, 0.1) is 0 Å². The molecular weight excluding hydrogens is 542 g/mol. The fourth-order valence-electron chi connectivity index (χ4n) is 2.29. The summed E-state index contributed by atoms with van der Waals surface area (Å²) >= 11 is 0. The van der Waals surface area contributed by atoms with Crippen molar-refractivity contribution in [3.63, 3.8) is 0 Å². The topological polar surface area (TPSA) is 104 Å². The Kier molecular flexibility index (Phi) is 13.0. The minimum atomic E-state index is -4.44. The number of hydrogen-bond acceptors (Lipinski definition) is 4. The average Bonchev–Trinajstić information content (AvgIpc) is 2.67. The molecule has 12 heteroatoms. The number of hydrogen-bond donors (Lipinski definition) is 4. The summed E-state index contributed by atoms with van der Waals surface area (Å²) in [5.41, 5.74) is -1.20. The van der Waals surface area contributed by atoms with E-state index in [0.29, 0.717) is 32.0 Å². The number of nitrogens with one attached hydrogen (secondary N) is 4. The highest BCUT2D eigenvalue weighted by Crippen LogP contribution is 2.29. The second kappa shape index (κ2) is 14.0. The molecule has 0 saturated carbocycles. The van der Waals surface area contributed by atoms with E-state index in [1.807, 2.05) is 0 Å². The number of nitrogens with zero attached hydrogens (tertiary/aromatic N) is 1. The smallest absolute Gasteiger partial charge is 0.416 e. The van der Waals surface area contributed by atoms with Crippen molar-refractivity contribution in [2.75, 3.05) is 33.2 Å². The standard InChI is InChI=1S/C20H30F3N5O3.HI/c1-19(2,3)31-18(30)28-11-5-10-26-17(24-4)27-13-12-25-16(29)14-6-8-15(9-7-14)20(21,22)23;/h6-9H,5,10-13H2,1-4H3,(H,25,29)(H,28,30)(H2,24,26,27);1H. The van der Waals surface area contributed by atoms with E-state index in [4.69, 9.17) is 4.74 Å². The van der Waals surface area contributed by atoms with Crippen molar-refractivity contribution in [1.82, 2.24) is 21.3 Å². The number of rotatable bonds is 8. The van der Waals surface area contributed by atoms with Gasteiger partial charge in [-0.25, -0.2) is 4.79 Å². The number of alkyl carbamates (subject to hydrolysis) is 1. The molecule has 0 spiro atoms. The number of amides is 2. The maximum atomic E-state index is 12.6. The number of carbonyl (C=O) groups excluding carboxylic acids is 2. The molecule has 1 aromatic rings. The van der Waals surface area contributed by atoms with Crippen molar-refractivity contribution in [2.24, 2.45) is 4.99 Å². The summed E-state index contributed by atoms with van der Waals surface area (Å²) < 4.78 is 42.8. The molecule has 0 unspecified atom stereocenters. The van der Waals surface area contributed by atoms with Gasteiger partial charge in [-0.1, -0.05) is 0 Å². The molecule has 0 bridgehead atoms. The summed E-state index contributed by atoms with van der Waals surface area (Å²) in [6.07, 6.45) is -4.27. The van der Waals surface area contributed by atoms with Gasteiger partial charge in [0, 0.05) is 38.8 Å². The molecule has 2 amide bonds. The number of ether oxygens (including phenoxy) is 1. The van der Waals surface area contributed by atoms with Gasteiger partial charge in [0.2, 0.25) is 0 Å². The number of guanidine groups is 1. The summed E-state index contributed by atoms with van der Waals surface area (Å²) in [7, 11) is 1.59. The lowest BCUT2D eigenvalue weighted by Crippen LogP contribution is -2.42. The average molecular weight is 573 g/mol. The first-order valence-electron chi connectivity index (χ1n) is 9.79. The summed E-state index contributed by atoms with van der Waals surface area (Å²) in [6.45, 7) is 6.96. The van der Waals surface area contributed by atoms with Gasteiger partial charge in [-0.05, 0) is 51.5 Å². The van der Waals surface area contributed by atoms with E-state index in [0.717, 1.165) is 24.3 Å². The van der Waals surface area contributed by atoms with Gasteiger partial charge in [0.25, 0.3) is 5.91 Å². The zero-order chi connectivity index (χ0) is 23.5. The van der Waals surface area contributed by atoms with Crippen molar-refractivity contribution in [2.45, 2.75) is 39.0 Å². The molecule has 4 N–H and O–H groups in total. The fraction of sp³-hybridized carbons (Fsp3) is 0.550. The van der Waals surface area contributed by atoms with Crippen LogP contribution in [0.15, 0.2) is 29.3 Å². The Morgan fingerprint density at radius 1 is 0.906 bits per heavy atom. The first-order chi connectivity index (χ1) is 14.4. The van der Waals surface area contributed by atoms with Crippen LogP contribution in [0.5, 0.6) is 0 Å². The van der Waals surface area contributed by atoms with E-state index in [1.165, 1.54) is 0 Å². The van der Waals surface area contributed by atoms with Gasteiger partial charge in [0.05, 0.1) is 5.56 Å². The minimum Gasteiger partial charge on any atom is -0.444 e. The van der Waals surface area contributed by atoms with E-state index < -0.39 is 29.3 Å². The van der Waals surface area contributed by atoms with Crippen molar-refractivity contribution in [3.8, 4) is 0 Å². The largest absolute Gasteiger partial charge is 0.444 e. The lowest BCUT2D eigenvalue weighted by molar-refractivity contribution is -0.137. The monoisotopic (exact) mass is 573 g/mol. The van der Waals surface area contributed by atoms with Crippen molar-refractivity contribution >= 4 is 41.9 Å². The first-order valence-corrected chi connectivity index (χ1v) is 9.79. The molecule has 8 nitrogen and oxygen atoms in total. The molecule has 0 heterocycles. The third kappa shape index (κ3) is 12.6. The maximum absolute atomic E-state index is 12.6. The second-order valence-corrected chi connectivity index (χ2v) is 7.54. The van der Waals surface area contributed by atoms with E-state index in [2.05, 4.69) is 26.3 Å². The van der Waals surface area contributed by atoms with Crippen LogP contribution in [0.25, 0.3) is 0 Å². The Morgan fingerprint density at radius 2 is 1.44 bits per heavy atom. The number of alkyl halides is 3. The van der Waals surface area contributed by atoms with Crippen LogP contribution in [0.3, 0.4) is 0 Å². The molecule has 1 rings (SSSR count). The van der Waals surface area contributed by atoms with Crippen LogP contribution in [-0.2, 0) is 10.9 Å². The SMILES string of the molecule is CN=C(NCCCNC(=O)OC(C)(C)C)NCCNC(=O)c1ccc(C(F)(F)F)cc1.I. The predicted octanol–water partition coefficient (Wildman–Crippen LogP) is 3.13. The van der Waals surface area contributed by atoms with Crippen molar-refractivity contribution in [1.29, 1.82) is 0 Å². The van der Waals surface area contributed by atoms with Gasteiger partial charge in [0.15, 0.2) is 5.96 Å². The predicted molar refractivity (Wildman–Crippen MR) is 127 cm³/mol. The van der Waals surface area contributed by atoms with Gasteiger partial charge >= 0.3 is 12.3 Å². The summed E-state index contributed by atoms with van der Waals surface area (Å²) in [5.74, 6) is 0.0488. The first kappa shape index (κ1) is 29.8. The number of carbonyl (C=O) groups is 2. The molecule has 0 saturated heterocycles. The van der Waals surface area contributed by atoms with Crippen LogP contribution in [-0.4, -0.2) is 56.8 Å².